The van der Waals surface area contributed by atoms with E-state index in [0.29, 0.717) is 11.4 Å². The van der Waals surface area contributed by atoms with Gasteiger partial charge in [0.15, 0.2) is 0 Å². The molecular weight excluding hydrogens is 248 g/mol. The first kappa shape index (κ1) is 12.4. The number of hydrogen-bond acceptors (Lipinski definition) is 2. The normalized spacial score (nSPS) is 10.4. The molecule has 0 atom stereocenters. The van der Waals surface area contributed by atoms with E-state index in [1.165, 1.54) is 6.20 Å². The van der Waals surface area contributed by atoms with Crippen LogP contribution in [-0.2, 0) is 0 Å². The number of benzene rings is 2. The van der Waals surface area contributed by atoms with Gasteiger partial charge in [0.1, 0.15) is 11.4 Å². The Balaban J connectivity index is 2.19. The molecule has 0 saturated heterocycles. The van der Waals surface area contributed by atoms with E-state index in [4.69, 9.17) is 0 Å². The van der Waals surface area contributed by atoms with E-state index in [-0.39, 0.29) is 0 Å². The molecule has 0 bridgehead atoms. The van der Waals surface area contributed by atoms with Crippen molar-refractivity contribution in [1.82, 2.24) is 4.98 Å². The Morgan fingerprint density at radius 2 is 1.40 bits per heavy atom. The Kier molecular flexibility index (Phi) is 3.17. The molecule has 2 aromatic carbocycles. The van der Waals surface area contributed by atoms with E-state index < -0.39 is 0 Å². The molecular formula is C17H14N2O. The molecule has 0 aliphatic heterocycles. The maximum Gasteiger partial charge on any atom is 0.216 e. The summed E-state index contributed by atoms with van der Waals surface area (Å²) >= 11 is 0. The molecule has 3 rings (SSSR count). The second kappa shape index (κ2) is 5.13. The van der Waals surface area contributed by atoms with Crippen molar-refractivity contribution >= 4 is 0 Å². The standard InChI is InChI=1S/C17H14N2O/c1-13-17(15-10-6-3-7-11-15)18-16(12-19(13)20)14-8-4-2-5-9-14/h2-12H,1H3. The summed E-state index contributed by atoms with van der Waals surface area (Å²) in [5.41, 5.74) is 3.91. The van der Waals surface area contributed by atoms with E-state index >= 15 is 0 Å². The van der Waals surface area contributed by atoms with Crippen LogP contribution in [0.25, 0.3) is 22.5 Å². The van der Waals surface area contributed by atoms with Crippen LogP contribution < -0.4 is 4.73 Å². The number of nitrogens with zero attached hydrogens (tertiary/aromatic N) is 2. The SMILES string of the molecule is Cc1c(-c2ccccc2)nc(-c2ccccc2)c[n+]1[O-]. The maximum absolute atomic E-state index is 12.1. The molecule has 1 aromatic heterocycles. The van der Waals surface area contributed by atoms with E-state index in [0.717, 1.165) is 21.6 Å². The van der Waals surface area contributed by atoms with Gasteiger partial charge in [-0.2, -0.15) is 4.73 Å². The van der Waals surface area contributed by atoms with Gasteiger partial charge in [-0.1, -0.05) is 60.7 Å². The van der Waals surface area contributed by atoms with Crippen molar-refractivity contribution in [2.75, 3.05) is 0 Å². The third-order valence-corrected chi connectivity index (χ3v) is 3.26. The first-order chi connectivity index (χ1) is 9.75. The minimum absolute atomic E-state index is 0.607. The van der Waals surface area contributed by atoms with Crippen LogP contribution in [0.15, 0.2) is 66.9 Å². The quantitative estimate of drug-likeness (QED) is 0.525. The lowest BCUT2D eigenvalue weighted by atomic mass is 10.1. The van der Waals surface area contributed by atoms with Crippen molar-refractivity contribution in [3.8, 4) is 22.5 Å². The second-order valence-electron chi connectivity index (χ2n) is 4.62. The topological polar surface area (TPSA) is 39.8 Å². The molecule has 3 heteroatoms. The molecule has 0 aliphatic carbocycles. The molecule has 0 fully saturated rings. The highest BCUT2D eigenvalue weighted by atomic mass is 16.5. The van der Waals surface area contributed by atoms with Crippen molar-refractivity contribution in [3.63, 3.8) is 0 Å². The molecule has 0 spiro atoms. The average molecular weight is 262 g/mol. The van der Waals surface area contributed by atoms with Gasteiger partial charge in [0, 0.05) is 18.1 Å². The van der Waals surface area contributed by atoms with Gasteiger partial charge in [-0.15, -0.1) is 0 Å². The molecule has 0 saturated carbocycles. The Hall–Kier alpha value is -2.68. The Labute approximate surface area is 117 Å². The Morgan fingerprint density at radius 3 is 2.00 bits per heavy atom. The van der Waals surface area contributed by atoms with Gasteiger partial charge in [-0.3, -0.25) is 0 Å². The lowest BCUT2D eigenvalue weighted by molar-refractivity contribution is -0.611. The predicted molar refractivity (Wildman–Crippen MR) is 78.8 cm³/mol. The van der Waals surface area contributed by atoms with Crippen LogP contribution in [0.1, 0.15) is 5.69 Å². The van der Waals surface area contributed by atoms with Crippen LogP contribution in [0.2, 0.25) is 0 Å². The molecule has 0 unspecified atom stereocenters. The summed E-state index contributed by atoms with van der Waals surface area (Å²) in [6.07, 6.45) is 1.52. The molecule has 20 heavy (non-hydrogen) atoms. The summed E-state index contributed by atoms with van der Waals surface area (Å²) < 4.78 is 0.887. The fraction of sp³-hybridized carbons (Fsp3) is 0.0588. The number of rotatable bonds is 2. The highest BCUT2D eigenvalue weighted by Crippen LogP contribution is 2.22. The minimum atomic E-state index is 0.607. The summed E-state index contributed by atoms with van der Waals surface area (Å²) in [5.74, 6) is 0. The first-order valence-corrected chi connectivity index (χ1v) is 6.47. The summed E-state index contributed by atoms with van der Waals surface area (Å²) in [6.45, 7) is 1.79. The van der Waals surface area contributed by atoms with Crippen molar-refractivity contribution in [1.29, 1.82) is 0 Å². The summed E-state index contributed by atoms with van der Waals surface area (Å²) in [4.78, 5) is 4.65. The summed E-state index contributed by atoms with van der Waals surface area (Å²) in [7, 11) is 0. The average Bonchev–Trinajstić information content (AvgIpc) is 2.51. The van der Waals surface area contributed by atoms with Gasteiger partial charge in [0.2, 0.25) is 11.9 Å². The molecule has 0 aliphatic rings. The summed E-state index contributed by atoms with van der Waals surface area (Å²) in [5, 5.41) is 12.1. The van der Waals surface area contributed by atoms with Crippen LogP contribution in [0.4, 0.5) is 0 Å². The van der Waals surface area contributed by atoms with Gasteiger partial charge < -0.3 is 5.21 Å². The van der Waals surface area contributed by atoms with Crippen molar-refractivity contribution < 1.29 is 4.73 Å². The Morgan fingerprint density at radius 1 is 0.850 bits per heavy atom. The molecule has 0 radical (unpaired) electrons. The van der Waals surface area contributed by atoms with Crippen molar-refractivity contribution in [2.24, 2.45) is 0 Å². The van der Waals surface area contributed by atoms with Crippen molar-refractivity contribution in [3.05, 3.63) is 77.8 Å². The lowest BCUT2D eigenvalue weighted by Crippen LogP contribution is -2.31. The van der Waals surface area contributed by atoms with E-state index in [2.05, 4.69) is 4.98 Å². The smallest absolute Gasteiger partial charge is 0.216 e. The van der Waals surface area contributed by atoms with Crippen molar-refractivity contribution in [2.45, 2.75) is 6.92 Å². The van der Waals surface area contributed by atoms with Crippen LogP contribution in [0.5, 0.6) is 0 Å². The van der Waals surface area contributed by atoms with E-state index in [1.54, 1.807) is 6.92 Å². The largest absolute Gasteiger partial charge is 0.618 e. The highest BCUT2D eigenvalue weighted by molar-refractivity contribution is 5.65. The molecule has 0 amide bonds. The fourth-order valence-corrected chi connectivity index (χ4v) is 2.16. The zero-order chi connectivity index (χ0) is 13.9. The monoisotopic (exact) mass is 262 g/mol. The lowest BCUT2D eigenvalue weighted by Gasteiger charge is -2.09. The molecule has 1 heterocycles. The van der Waals surface area contributed by atoms with Crippen LogP contribution in [0.3, 0.4) is 0 Å². The predicted octanol–water partition coefficient (Wildman–Crippen LogP) is 3.36. The highest BCUT2D eigenvalue weighted by Gasteiger charge is 2.14. The van der Waals surface area contributed by atoms with Crippen LogP contribution in [-0.4, -0.2) is 4.98 Å². The third kappa shape index (κ3) is 2.26. The second-order valence-corrected chi connectivity index (χ2v) is 4.62. The minimum Gasteiger partial charge on any atom is -0.618 e. The summed E-state index contributed by atoms with van der Waals surface area (Å²) in [6, 6.07) is 19.5. The van der Waals surface area contributed by atoms with Crippen LogP contribution in [0, 0.1) is 12.1 Å². The molecule has 98 valence electrons. The Bertz CT molecular complexity index is 725. The fourth-order valence-electron chi connectivity index (χ4n) is 2.16. The van der Waals surface area contributed by atoms with Gasteiger partial charge in [-0.25, -0.2) is 4.98 Å². The zero-order valence-electron chi connectivity index (χ0n) is 11.2. The first-order valence-electron chi connectivity index (χ1n) is 6.47. The maximum atomic E-state index is 12.1. The molecule has 0 N–H and O–H groups in total. The van der Waals surface area contributed by atoms with Gasteiger partial charge in [-0.05, 0) is 0 Å². The number of aromatic nitrogens is 2. The van der Waals surface area contributed by atoms with Gasteiger partial charge in [0.05, 0.1) is 0 Å². The number of hydrogen-bond donors (Lipinski definition) is 0. The molecule has 3 nitrogen and oxygen atoms in total. The van der Waals surface area contributed by atoms with Gasteiger partial charge >= 0.3 is 0 Å². The van der Waals surface area contributed by atoms with E-state index in [1.807, 2.05) is 60.7 Å². The third-order valence-electron chi connectivity index (χ3n) is 3.26. The van der Waals surface area contributed by atoms with Crippen LogP contribution >= 0.6 is 0 Å². The van der Waals surface area contributed by atoms with E-state index in [9.17, 15) is 5.21 Å². The van der Waals surface area contributed by atoms with Gasteiger partial charge in [0.25, 0.3) is 0 Å². The molecule has 3 aromatic rings. The zero-order valence-corrected chi connectivity index (χ0v) is 11.2.